The first kappa shape index (κ1) is 19.6. The molecule has 0 spiro atoms. The van der Waals surface area contributed by atoms with Gasteiger partial charge in [0.1, 0.15) is 11.0 Å². The number of carbonyl (C=O) groups is 2. The fourth-order valence-electron chi connectivity index (χ4n) is 3.43. The number of aryl methyl sites for hydroxylation is 1. The Morgan fingerprint density at radius 1 is 1.22 bits per heavy atom. The summed E-state index contributed by atoms with van der Waals surface area (Å²) in [6.45, 7) is 4.52. The first-order valence-electron chi connectivity index (χ1n) is 9.60. The number of carbonyl (C=O) groups excluding carboxylic acids is 2. The van der Waals surface area contributed by atoms with Gasteiger partial charge in [-0.05, 0) is 45.1 Å². The minimum Gasteiger partial charge on any atom is -0.462 e. The Morgan fingerprint density at radius 2 is 1.96 bits per heavy atom. The van der Waals surface area contributed by atoms with Crippen molar-refractivity contribution in [2.24, 2.45) is 0 Å². The highest BCUT2D eigenvalue weighted by molar-refractivity contribution is 7.17. The number of ether oxygens (including phenoxy) is 1. The lowest BCUT2D eigenvalue weighted by Gasteiger charge is -2.13. The highest BCUT2D eigenvalue weighted by Gasteiger charge is 2.27. The van der Waals surface area contributed by atoms with Gasteiger partial charge in [0.05, 0.1) is 12.2 Å². The summed E-state index contributed by atoms with van der Waals surface area (Å²) in [6, 6.07) is 10.3. The molecule has 1 atom stereocenters. The van der Waals surface area contributed by atoms with Gasteiger partial charge in [-0.1, -0.05) is 30.3 Å². The standard InChI is InChI=1S/C21H26N2O3S/c1-3-26-21(25)19-16-11-7-8-12-17(16)27-20(19)23-18(24)13-22-14(2)15-9-5-4-6-10-15/h4-6,9-10,14,22H,3,7-8,11-13H2,1-2H3,(H,23,24)/p+1. The molecule has 1 aliphatic rings. The summed E-state index contributed by atoms with van der Waals surface area (Å²) < 4.78 is 5.24. The van der Waals surface area contributed by atoms with Crippen LogP contribution in [-0.2, 0) is 22.4 Å². The monoisotopic (exact) mass is 387 g/mol. The molecule has 0 aliphatic heterocycles. The molecule has 1 unspecified atom stereocenters. The summed E-state index contributed by atoms with van der Waals surface area (Å²) in [6.07, 6.45) is 4.06. The molecule has 27 heavy (non-hydrogen) atoms. The van der Waals surface area contributed by atoms with Gasteiger partial charge in [0.25, 0.3) is 5.91 Å². The van der Waals surface area contributed by atoms with Crippen molar-refractivity contribution in [1.82, 2.24) is 0 Å². The molecule has 0 fully saturated rings. The van der Waals surface area contributed by atoms with Crippen molar-refractivity contribution >= 4 is 28.2 Å². The number of amides is 1. The molecule has 6 heteroatoms. The van der Waals surface area contributed by atoms with Gasteiger partial charge in [-0.2, -0.15) is 0 Å². The van der Waals surface area contributed by atoms with Crippen molar-refractivity contribution in [2.75, 3.05) is 18.5 Å². The number of hydrogen-bond donors (Lipinski definition) is 2. The van der Waals surface area contributed by atoms with Crippen LogP contribution in [0.15, 0.2) is 30.3 Å². The number of thiophene rings is 1. The molecule has 1 aromatic heterocycles. The maximum Gasteiger partial charge on any atom is 0.341 e. The Balaban J connectivity index is 1.68. The third kappa shape index (κ3) is 4.76. The van der Waals surface area contributed by atoms with Gasteiger partial charge < -0.3 is 15.4 Å². The number of anilines is 1. The van der Waals surface area contributed by atoms with Crippen molar-refractivity contribution in [3.63, 3.8) is 0 Å². The van der Waals surface area contributed by atoms with E-state index in [4.69, 9.17) is 4.74 Å². The van der Waals surface area contributed by atoms with E-state index in [2.05, 4.69) is 24.4 Å². The largest absolute Gasteiger partial charge is 0.462 e. The number of hydrogen-bond acceptors (Lipinski definition) is 4. The van der Waals surface area contributed by atoms with Crippen LogP contribution >= 0.6 is 11.3 Å². The summed E-state index contributed by atoms with van der Waals surface area (Å²) in [5, 5.41) is 5.61. The Morgan fingerprint density at radius 3 is 2.70 bits per heavy atom. The van der Waals surface area contributed by atoms with Gasteiger partial charge in [-0.25, -0.2) is 4.79 Å². The molecule has 2 aromatic rings. The van der Waals surface area contributed by atoms with Crippen LogP contribution < -0.4 is 10.6 Å². The van der Waals surface area contributed by atoms with Crippen molar-refractivity contribution in [1.29, 1.82) is 0 Å². The average Bonchev–Trinajstić information content (AvgIpc) is 3.04. The van der Waals surface area contributed by atoms with Gasteiger partial charge in [-0.3, -0.25) is 4.79 Å². The zero-order valence-electron chi connectivity index (χ0n) is 15.9. The number of esters is 1. The molecule has 1 amide bonds. The van der Waals surface area contributed by atoms with Crippen molar-refractivity contribution in [3.8, 4) is 0 Å². The zero-order valence-corrected chi connectivity index (χ0v) is 16.7. The quantitative estimate of drug-likeness (QED) is 0.717. The maximum atomic E-state index is 12.5. The number of benzene rings is 1. The molecule has 5 nitrogen and oxygen atoms in total. The van der Waals surface area contributed by atoms with Crippen LogP contribution in [0.4, 0.5) is 5.00 Å². The second kappa shape index (κ2) is 9.15. The Labute approximate surface area is 164 Å². The van der Waals surface area contributed by atoms with E-state index in [1.165, 1.54) is 21.8 Å². The Hall–Kier alpha value is -2.18. The molecular formula is C21H27N2O3S+. The molecule has 1 heterocycles. The number of rotatable bonds is 7. The van der Waals surface area contributed by atoms with Crippen LogP contribution in [0, 0.1) is 0 Å². The lowest BCUT2D eigenvalue weighted by molar-refractivity contribution is -0.682. The molecular weight excluding hydrogens is 360 g/mol. The summed E-state index contributed by atoms with van der Waals surface area (Å²) in [4.78, 5) is 26.2. The SMILES string of the molecule is CCOC(=O)c1c(NC(=O)C[NH2+]C(C)c2ccccc2)sc2c1CCCC2. The number of nitrogens with two attached hydrogens (primary N) is 1. The van der Waals surface area contributed by atoms with Crippen LogP contribution in [0.3, 0.4) is 0 Å². The molecule has 3 N–H and O–H groups in total. The van der Waals surface area contributed by atoms with Crippen molar-refractivity contribution in [3.05, 3.63) is 51.9 Å². The molecule has 1 aromatic carbocycles. The summed E-state index contributed by atoms with van der Waals surface area (Å²) in [5.41, 5.74) is 2.83. The minimum absolute atomic E-state index is 0.0954. The topological polar surface area (TPSA) is 72.0 Å². The molecule has 1 aliphatic carbocycles. The third-order valence-electron chi connectivity index (χ3n) is 4.89. The van der Waals surface area contributed by atoms with E-state index in [1.54, 1.807) is 6.92 Å². The highest BCUT2D eigenvalue weighted by Crippen LogP contribution is 2.38. The van der Waals surface area contributed by atoms with E-state index >= 15 is 0 Å². The summed E-state index contributed by atoms with van der Waals surface area (Å²) >= 11 is 1.53. The Kier molecular flexibility index (Phi) is 6.63. The summed E-state index contributed by atoms with van der Waals surface area (Å²) in [7, 11) is 0. The highest BCUT2D eigenvalue weighted by atomic mass is 32.1. The Bertz CT molecular complexity index is 801. The van der Waals surface area contributed by atoms with Gasteiger partial charge >= 0.3 is 5.97 Å². The second-order valence-electron chi connectivity index (χ2n) is 6.82. The zero-order chi connectivity index (χ0) is 19.2. The van der Waals surface area contributed by atoms with E-state index in [-0.39, 0.29) is 17.9 Å². The van der Waals surface area contributed by atoms with Gasteiger partial charge in [-0.15, -0.1) is 11.3 Å². The number of quaternary nitrogens is 1. The second-order valence-corrected chi connectivity index (χ2v) is 7.93. The first-order valence-corrected chi connectivity index (χ1v) is 10.4. The molecule has 3 rings (SSSR count). The van der Waals surface area contributed by atoms with E-state index < -0.39 is 0 Å². The summed E-state index contributed by atoms with van der Waals surface area (Å²) in [5.74, 6) is -0.421. The smallest absolute Gasteiger partial charge is 0.341 e. The van der Waals surface area contributed by atoms with E-state index in [0.717, 1.165) is 31.2 Å². The van der Waals surface area contributed by atoms with Crippen molar-refractivity contribution < 1.29 is 19.6 Å². The molecule has 0 bridgehead atoms. The van der Waals surface area contributed by atoms with E-state index in [1.807, 2.05) is 23.5 Å². The van der Waals surface area contributed by atoms with Crippen molar-refractivity contribution in [2.45, 2.75) is 45.6 Å². The first-order chi connectivity index (χ1) is 13.1. The lowest BCUT2D eigenvalue weighted by atomic mass is 9.95. The van der Waals surface area contributed by atoms with E-state index in [9.17, 15) is 9.59 Å². The van der Waals surface area contributed by atoms with Gasteiger partial charge in [0, 0.05) is 10.4 Å². The van der Waals surface area contributed by atoms with Crippen LogP contribution in [0.2, 0.25) is 0 Å². The molecule has 0 radical (unpaired) electrons. The average molecular weight is 388 g/mol. The fourth-order valence-corrected chi connectivity index (χ4v) is 4.72. The number of nitrogens with one attached hydrogen (secondary N) is 1. The minimum atomic E-state index is -0.325. The van der Waals surface area contributed by atoms with E-state index in [0.29, 0.717) is 23.7 Å². The molecule has 0 saturated carbocycles. The van der Waals surface area contributed by atoms with Crippen LogP contribution in [0.25, 0.3) is 0 Å². The predicted octanol–water partition coefficient (Wildman–Crippen LogP) is 3.07. The van der Waals surface area contributed by atoms with Gasteiger partial charge in [0.15, 0.2) is 6.54 Å². The third-order valence-corrected chi connectivity index (χ3v) is 6.09. The normalized spacial score (nSPS) is 14.3. The molecule has 144 valence electrons. The van der Waals surface area contributed by atoms with Crippen LogP contribution in [0.1, 0.15) is 59.1 Å². The van der Waals surface area contributed by atoms with Crippen LogP contribution in [-0.4, -0.2) is 25.0 Å². The van der Waals surface area contributed by atoms with Gasteiger partial charge in [0.2, 0.25) is 0 Å². The predicted molar refractivity (Wildman–Crippen MR) is 107 cm³/mol. The maximum absolute atomic E-state index is 12.5. The lowest BCUT2D eigenvalue weighted by Crippen LogP contribution is -2.86. The number of fused-ring (bicyclic) bond motifs is 1. The fraction of sp³-hybridized carbons (Fsp3) is 0.429. The van der Waals surface area contributed by atoms with Crippen LogP contribution in [0.5, 0.6) is 0 Å². The molecule has 0 saturated heterocycles.